The maximum Gasteiger partial charge on any atom is 0.323 e. The van der Waals surface area contributed by atoms with Crippen molar-refractivity contribution in [3.8, 4) is 0 Å². The van der Waals surface area contributed by atoms with E-state index in [9.17, 15) is 14.4 Å². The smallest absolute Gasteiger partial charge is 0.323 e. The van der Waals surface area contributed by atoms with Crippen LogP contribution in [0.2, 0.25) is 0 Å². The maximum absolute atomic E-state index is 12.5. The number of benzene rings is 2. The van der Waals surface area contributed by atoms with Gasteiger partial charge < -0.3 is 21.3 Å². The maximum atomic E-state index is 12.5. The van der Waals surface area contributed by atoms with Crippen LogP contribution in [0, 0.1) is 12.8 Å². The summed E-state index contributed by atoms with van der Waals surface area (Å²) in [5, 5.41) is 12.0. The van der Waals surface area contributed by atoms with E-state index in [4.69, 9.17) is 0 Å². The fourth-order valence-electron chi connectivity index (χ4n) is 3.14. The molecule has 0 atom stereocenters. The van der Waals surface area contributed by atoms with E-state index in [1.54, 1.807) is 18.2 Å². The first-order valence-electron chi connectivity index (χ1n) is 10.4. The Kier molecular flexibility index (Phi) is 6.51. The van der Waals surface area contributed by atoms with Crippen molar-refractivity contribution >= 4 is 45.6 Å². The molecule has 1 saturated carbocycles. The normalized spacial score (nSPS) is 12.7. The van der Waals surface area contributed by atoms with Crippen molar-refractivity contribution in [3.63, 3.8) is 0 Å². The molecule has 1 aliphatic rings. The van der Waals surface area contributed by atoms with Gasteiger partial charge in [0.15, 0.2) is 0 Å². The SMILES string of the molecule is Cc1cccc(NC(=O)Nc2cccc(CNC(=O)c3ccc(NC(=O)C4CC4)s3)c2)c1. The number of amides is 4. The first kappa shape index (κ1) is 21.6. The van der Waals surface area contributed by atoms with Crippen molar-refractivity contribution in [1.82, 2.24) is 5.32 Å². The molecule has 1 aromatic heterocycles. The van der Waals surface area contributed by atoms with Crippen LogP contribution in [0.1, 0.15) is 33.6 Å². The average Bonchev–Trinajstić information content (AvgIpc) is 3.51. The lowest BCUT2D eigenvalue weighted by molar-refractivity contribution is -0.117. The first-order chi connectivity index (χ1) is 15.5. The molecule has 0 radical (unpaired) electrons. The number of thiophene rings is 1. The lowest BCUT2D eigenvalue weighted by atomic mass is 10.2. The Morgan fingerprint density at radius 2 is 1.62 bits per heavy atom. The highest BCUT2D eigenvalue weighted by atomic mass is 32.1. The van der Waals surface area contributed by atoms with Gasteiger partial charge in [0.1, 0.15) is 0 Å². The zero-order valence-corrected chi connectivity index (χ0v) is 18.4. The number of rotatable bonds is 7. The zero-order chi connectivity index (χ0) is 22.5. The van der Waals surface area contributed by atoms with Crippen LogP contribution in [0.5, 0.6) is 0 Å². The fraction of sp³-hybridized carbons (Fsp3) is 0.208. The predicted molar refractivity (Wildman–Crippen MR) is 127 cm³/mol. The molecular weight excluding hydrogens is 424 g/mol. The standard InChI is InChI=1S/C24H24N4O3S/c1-15-4-2-6-18(12-15)26-24(31)27-19-7-3-5-16(13-19)14-25-23(30)20-10-11-21(32-20)28-22(29)17-8-9-17/h2-7,10-13,17H,8-9,14H2,1H3,(H,25,30)(H,28,29)(H2,26,27,31). The molecule has 8 heteroatoms. The van der Waals surface area contributed by atoms with Gasteiger partial charge in [0.05, 0.1) is 9.88 Å². The number of anilines is 3. The molecule has 1 fully saturated rings. The minimum atomic E-state index is -0.337. The largest absolute Gasteiger partial charge is 0.347 e. The summed E-state index contributed by atoms with van der Waals surface area (Å²) >= 11 is 1.25. The van der Waals surface area contributed by atoms with E-state index in [1.165, 1.54) is 11.3 Å². The molecule has 32 heavy (non-hydrogen) atoms. The van der Waals surface area contributed by atoms with E-state index in [0.717, 1.165) is 29.7 Å². The number of carbonyl (C=O) groups excluding carboxylic acids is 3. The lowest BCUT2D eigenvalue weighted by Crippen LogP contribution is -2.22. The third kappa shape index (κ3) is 5.95. The van der Waals surface area contributed by atoms with Crippen LogP contribution < -0.4 is 21.3 Å². The van der Waals surface area contributed by atoms with Crippen LogP contribution in [0.15, 0.2) is 60.7 Å². The third-order valence-electron chi connectivity index (χ3n) is 4.94. The fourth-order valence-corrected chi connectivity index (χ4v) is 3.97. The van der Waals surface area contributed by atoms with Crippen molar-refractivity contribution in [2.24, 2.45) is 5.92 Å². The second-order valence-electron chi connectivity index (χ2n) is 7.76. The van der Waals surface area contributed by atoms with Gasteiger partial charge in [-0.2, -0.15) is 0 Å². The number of carbonyl (C=O) groups is 3. The van der Waals surface area contributed by atoms with E-state index in [-0.39, 0.29) is 23.8 Å². The van der Waals surface area contributed by atoms with Gasteiger partial charge in [-0.05, 0) is 67.3 Å². The van der Waals surface area contributed by atoms with Gasteiger partial charge in [-0.15, -0.1) is 11.3 Å². The number of hydrogen-bond acceptors (Lipinski definition) is 4. The summed E-state index contributed by atoms with van der Waals surface area (Å²) < 4.78 is 0. The van der Waals surface area contributed by atoms with Gasteiger partial charge in [-0.3, -0.25) is 9.59 Å². The Balaban J connectivity index is 1.29. The van der Waals surface area contributed by atoms with Gasteiger partial charge in [-0.1, -0.05) is 24.3 Å². The van der Waals surface area contributed by atoms with Crippen LogP contribution >= 0.6 is 11.3 Å². The first-order valence-corrected chi connectivity index (χ1v) is 11.2. The quantitative estimate of drug-likeness (QED) is 0.410. The number of nitrogens with one attached hydrogen (secondary N) is 4. The molecule has 0 saturated heterocycles. The van der Waals surface area contributed by atoms with Crippen molar-refractivity contribution < 1.29 is 14.4 Å². The van der Waals surface area contributed by atoms with Crippen molar-refractivity contribution in [3.05, 3.63) is 76.7 Å². The summed E-state index contributed by atoms with van der Waals surface area (Å²) in [4.78, 5) is 37.1. The van der Waals surface area contributed by atoms with Crippen LogP contribution in [0.25, 0.3) is 0 Å². The summed E-state index contributed by atoms with van der Waals surface area (Å²) in [6, 6.07) is 18.0. The minimum Gasteiger partial charge on any atom is -0.347 e. The van der Waals surface area contributed by atoms with Gasteiger partial charge in [0.2, 0.25) is 5.91 Å². The Bertz CT molecular complexity index is 1150. The number of urea groups is 1. The molecular formula is C24H24N4O3S. The summed E-state index contributed by atoms with van der Waals surface area (Å²) in [7, 11) is 0. The van der Waals surface area contributed by atoms with Crippen molar-refractivity contribution in [2.75, 3.05) is 16.0 Å². The summed E-state index contributed by atoms with van der Waals surface area (Å²) in [5.74, 6) is -0.0683. The monoisotopic (exact) mass is 448 g/mol. The highest BCUT2D eigenvalue weighted by Gasteiger charge is 2.29. The Morgan fingerprint density at radius 3 is 2.34 bits per heavy atom. The molecule has 7 nitrogen and oxygen atoms in total. The summed E-state index contributed by atoms with van der Waals surface area (Å²) in [5.41, 5.74) is 3.26. The highest BCUT2D eigenvalue weighted by molar-refractivity contribution is 7.18. The molecule has 4 N–H and O–H groups in total. The van der Waals surface area contributed by atoms with E-state index in [0.29, 0.717) is 22.1 Å². The molecule has 2 aromatic carbocycles. The molecule has 0 aliphatic heterocycles. The van der Waals surface area contributed by atoms with Gasteiger partial charge >= 0.3 is 6.03 Å². The van der Waals surface area contributed by atoms with E-state index < -0.39 is 0 Å². The third-order valence-corrected chi connectivity index (χ3v) is 5.94. The van der Waals surface area contributed by atoms with Gasteiger partial charge in [0.25, 0.3) is 5.91 Å². The zero-order valence-electron chi connectivity index (χ0n) is 17.6. The van der Waals surface area contributed by atoms with Crippen molar-refractivity contribution in [2.45, 2.75) is 26.3 Å². The Labute approximate surface area is 190 Å². The Morgan fingerprint density at radius 1 is 0.906 bits per heavy atom. The molecule has 1 heterocycles. The molecule has 164 valence electrons. The highest BCUT2D eigenvalue weighted by Crippen LogP contribution is 2.31. The van der Waals surface area contributed by atoms with Gasteiger partial charge in [-0.25, -0.2) is 4.79 Å². The molecule has 1 aliphatic carbocycles. The van der Waals surface area contributed by atoms with E-state index in [2.05, 4.69) is 21.3 Å². The van der Waals surface area contributed by atoms with Crippen LogP contribution in [-0.4, -0.2) is 17.8 Å². The van der Waals surface area contributed by atoms with E-state index >= 15 is 0 Å². The molecule has 4 amide bonds. The average molecular weight is 449 g/mol. The van der Waals surface area contributed by atoms with Crippen LogP contribution in [-0.2, 0) is 11.3 Å². The second-order valence-corrected chi connectivity index (χ2v) is 8.84. The number of aryl methyl sites for hydroxylation is 1. The summed E-state index contributed by atoms with van der Waals surface area (Å²) in [6.07, 6.45) is 1.87. The molecule has 0 unspecified atom stereocenters. The lowest BCUT2D eigenvalue weighted by Gasteiger charge is -2.10. The van der Waals surface area contributed by atoms with Gasteiger partial charge in [0, 0.05) is 23.8 Å². The summed E-state index contributed by atoms with van der Waals surface area (Å²) in [6.45, 7) is 2.28. The van der Waals surface area contributed by atoms with Crippen LogP contribution in [0.3, 0.4) is 0 Å². The molecule has 0 spiro atoms. The molecule has 4 rings (SSSR count). The van der Waals surface area contributed by atoms with Crippen molar-refractivity contribution in [1.29, 1.82) is 0 Å². The molecule has 3 aromatic rings. The Hall–Kier alpha value is -3.65. The molecule has 0 bridgehead atoms. The number of hydrogen-bond donors (Lipinski definition) is 4. The van der Waals surface area contributed by atoms with Crippen LogP contribution in [0.4, 0.5) is 21.2 Å². The topological polar surface area (TPSA) is 99.3 Å². The predicted octanol–water partition coefficient (Wildman–Crippen LogP) is 4.98. The minimum absolute atomic E-state index is 0.0227. The second kappa shape index (κ2) is 9.65. The van der Waals surface area contributed by atoms with E-state index in [1.807, 2.05) is 49.4 Å².